The maximum Gasteiger partial charge on any atom is 0.258 e. The number of aromatic nitrogens is 10. The van der Waals surface area contributed by atoms with Gasteiger partial charge in [0.2, 0.25) is 0 Å². The van der Waals surface area contributed by atoms with Crippen LogP contribution in [-0.2, 0) is 36.8 Å². The van der Waals surface area contributed by atoms with Gasteiger partial charge < -0.3 is 54.0 Å². The number of nitrogens with one attached hydrogen (secondary N) is 5. The lowest BCUT2D eigenvalue weighted by atomic mass is 9.84. The van der Waals surface area contributed by atoms with Gasteiger partial charge in [0, 0.05) is 194 Å². The van der Waals surface area contributed by atoms with Crippen LogP contribution in [0, 0.1) is 0 Å². The second-order valence-electron chi connectivity index (χ2n) is 34.4. The molecule has 1 saturated carbocycles. The predicted molar refractivity (Wildman–Crippen MR) is 540 cm³/mol. The van der Waals surface area contributed by atoms with E-state index < -0.39 is 0 Å². The highest BCUT2D eigenvalue weighted by Gasteiger charge is 2.24. The molecule has 5 aromatic carbocycles. The molecule has 19 rings (SSSR count). The normalized spacial score (nSPS) is 13.7. The highest BCUT2D eigenvalue weighted by molar-refractivity contribution is 6.01. The Labute approximate surface area is 799 Å². The molecule has 4 fully saturated rings. The second kappa shape index (κ2) is 48.3. The van der Waals surface area contributed by atoms with E-state index in [4.69, 9.17) is 9.47 Å². The average Bonchev–Trinajstić information content (AvgIpc) is 0.834. The molecule has 15 aromatic rings. The van der Waals surface area contributed by atoms with Crippen molar-refractivity contribution < 1.29 is 33.4 Å². The van der Waals surface area contributed by atoms with Gasteiger partial charge in [0.05, 0.1) is 47.6 Å². The Hall–Kier alpha value is -15.9. The Morgan fingerprint density at radius 3 is 0.841 bits per heavy atom. The molecule has 13 heterocycles. The van der Waals surface area contributed by atoms with E-state index in [1.165, 1.54) is 68.3 Å². The van der Waals surface area contributed by atoms with E-state index in [1.807, 2.05) is 153 Å². The number of carbonyl (C=O) groups is 5. The molecule has 0 atom stereocenters. The first-order valence-corrected chi connectivity index (χ1v) is 46.8. The predicted octanol–water partition coefficient (Wildman–Crippen LogP) is 17.3. The van der Waals surface area contributed by atoms with Crippen LogP contribution < -0.4 is 47.2 Å². The average molecular weight is 1840 g/mol. The summed E-state index contributed by atoms with van der Waals surface area (Å²) >= 11 is 0. The van der Waals surface area contributed by atoms with Gasteiger partial charge in [-0.15, -0.1) is 0 Å². The van der Waals surface area contributed by atoms with Crippen molar-refractivity contribution in [3.63, 3.8) is 0 Å². The number of pyridine rings is 10. The van der Waals surface area contributed by atoms with Gasteiger partial charge in [-0.05, 0) is 281 Å². The molecule has 700 valence electrons. The van der Waals surface area contributed by atoms with Gasteiger partial charge in [-0.3, -0.25) is 72.9 Å². The van der Waals surface area contributed by atoms with Gasteiger partial charge in [0.1, 0.15) is 5.75 Å². The molecule has 3 aliphatic heterocycles. The molecule has 138 heavy (non-hydrogen) atoms. The van der Waals surface area contributed by atoms with Crippen molar-refractivity contribution in [2.45, 2.75) is 96.3 Å². The van der Waals surface area contributed by atoms with Crippen LogP contribution in [-0.4, -0.2) is 163 Å². The molecule has 0 radical (unpaired) electrons. The van der Waals surface area contributed by atoms with Crippen LogP contribution in [0.2, 0.25) is 0 Å². The summed E-state index contributed by atoms with van der Waals surface area (Å²) in [5.41, 5.74) is 16.9. The largest absolute Gasteiger partial charge is 0.494 e. The molecule has 0 unspecified atom stereocenters. The number of likely N-dealkylation sites (N-methyl/N-ethyl adjacent to an activating group) is 1. The number of piperazine rings is 1. The Bertz CT molecular complexity index is 6500. The number of aromatic amines is 5. The van der Waals surface area contributed by atoms with Gasteiger partial charge in [-0.25, -0.2) is 0 Å². The molecule has 5 N–H and O–H groups in total. The molecule has 10 aromatic heterocycles. The van der Waals surface area contributed by atoms with E-state index in [9.17, 15) is 47.9 Å². The zero-order valence-corrected chi connectivity index (χ0v) is 77.3. The highest BCUT2D eigenvalue weighted by atomic mass is 16.5. The van der Waals surface area contributed by atoms with Crippen molar-refractivity contribution in [3.05, 3.63) is 418 Å². The van der Waals surface area contributed by atoms with E-state index in [2.05, 4.69) is 113 Å². The second-order valence-corrected chi connectivity index (χ2v) is 34.4. The van der Waals surface area contributed by atoms with Crippen LogP contribution in [0.4, 0.5) is 17.1 Å². The SMILES string of the molecule is CCOc1ccc(CC(=O)c2cc(-c3ccncc3)c[nH]c2=O)cc1.CN1CCN(c2ccc(CC(=O)c3cc(-c4ccncc4)c[nH]c3=O)cc2)CC1.O=C(Cc1ccc(C2CCCCC2)cc1)c1cc(-c2ccncc2)c[nH]c1=O.O=C(Cc1ccc(N2CCCCC2)cc1)c1cc(-c2ccncc2)c[nH]c1=O.O=C(Cc1ccc(N2CCOCC2)cc1)c1cc(-c2ccncc2)c[nH]c1=O. The zero-order valence-electron chi connectivity index (χ0n) is 77.3. The van der Waals surface area contributed by atoms with E-state index in [-0.39, 0.29) is 117 Å². The molecule has 0 bridgehead atoms. The van der Waals surface area contributed by atoms with Gasteiger partial charge in [0.15, 0.2) is 28.9 Å². The molecule has 26 nitrogen and oxygen atoms in total. The van der Waals surface area contributed by atoms with Crippen LogP contribution >= 0.6 is 0 Å². The molecular formula is C112H110N14O12. The lowest BCUT2D eigenvalue weighted by molar-refractivity contribution is 0.0983. The fourth-order valence-electron chi connectivity index (χ4n) is 17.1. The Morgan fingerprint density at radius 2 is 0.558 bits per heavy atom. The van der Waals surface area contributed by atoms with Crippen LogP contribution in [0.1, 0.15) is 149 Å². The summed E-state index contributed by atoms with van der Waals surface area (Å²) < 4.78 is 10.8. The maximum absolute atomic E-state index is 12.8. The first kappa shape index (κ1) is 96.6. The summed E-state index contributed by atoms with van der Waals surface area (Å²) in [4.78, 5) is 167. The summed E-state index contributed by atoms with van der Waals surface area (Å²) in [7, 11) is 2.14. The summed E-state index contributed by atoms with van der Waals surface area (Å²) in [6.07, 6.45) is 36.2. The molecule has 1 aliphatic carbocycles. The zero-order chi connectivity index (χ0) is 95.9. The Morgan fingerprint density at radius 1 is 0.304 bits per heavy atom. The van der Waals surface area contributed by atoms with E-state index in [0.717, 1.165) is 160 Å². The van der Waals surface area contributed by atoms with Crippen molar-refractivity contribution in [3.8, 4) is 61.4 Å². The van der Waals surface area contributed by atoms with Gasteiger partial charge in [0.25, 0.3) is 27.8 Å². The molecule has 4 aliphatic rings. The molecular weight excluding hydrogens is 1730 g/mol. The Kier molecular flexibility index (Phi) is 33.8. The minimum absolute atomic E-state index is 0.156. The number of benzene rings is 5. The number of hydrogen-bond donors (Lipinski definition) is 5. The molecule has 0 amide bonds. The van der Waals surface area contributed by atoms with E-state index >= 15 is 0 Å². The topological polar surface area (TPSA) is 346 Å². The van der Waals surface area contributed by atoms with Crippen molar-refractivity contribution in [1.82, 2.24) is 54.7 Å². The third-order valence-corrected chi connectivity index (χ3v) is 25.0. The van der Waals surface area contributed by atoms with Crippen molar-refractivity contribution in [2.24, 2.45) is 0 Å². The van der Waals surface area contributed by atoms with Crippen molar-refractivity contribution >= 4 is 46.0 Å². The smallest absolute Gasteiger partial charge is 0.258 e. The Balaban J connectivity index is 0.000000131. The number of ether oxygens (including phenoxy) is 2. The monoisotopic (exact) mass is 1840 g/mol. The third kappa shape index (κ3) is 26.8. The maximum atomic E-state index is 12.8. The number of ketones is 5. The molecule has 3 saturated heterocycles. The number of nitrogens with zero attached hydrogens (tertiary/aromatic N) is 9. The summed E-state index contributed by atoms with van der Waals surface area (Å²) in [5.74, 6) is 0.465. The quantitative estimate of drug-likeness (QED) is 0.0314. The number of rotatable bonds is 26. The number of H-pyrrole nitrogens is 5. The summed E-state index contributed by atoms with van der Waals surface area (Å²) in [5, 5.41) is 0. The summed E-state index contributed by atoms with van der Waals surface area (Å²) in [6, 6.07) is 66.5. The number of hydrogen-bond acceptors (Lipinski definition) is 21. The number of carbonyl (C=O) groups excluding carboxylic acids is 5. The molecule has 26 heteroatoms. The highest BCUT2D eigenvalue weighted by Crippen LogP contribution is 2.34. The number of Topliss-reactive ketones (excluding diaryl/α,β-unsaturated/α-hetero) is 5. The lowest BCUT2D eigenvalue weighted by Gasteiger charge is -2.34. The number of anilines is 3. The minimum atomic E-state index is -0.381. The van der Waals surface area contributed by atoms with Crippen molar-refractivity contribution in [2.75, 3.05) is 93.9 Å². The minimum Gasteiger partial charge on any atom is -0.494 e. The van der Waals surface area contributed by atoms with E-state index in [1.54, 1.807) is 123 Å². The summed E-state index contributed by atoms with van der Waals surface area (Å²) in [6.45, 7) is 12.0. The van der Waals surface area contributed by atoms with Gasteiger partial charge in [-0.1, -0.05) is 92.1 Å². The van der Waals surface area contributed by atoms with Crippen molar-refractivity contribution in [1.29, 1.82) is 0 Å². The number of morpholine rings is 1. The third-order valence-electron chi connectivity index (χ3n) is 25.0. The van der Waals surface area contributed by atoms with Crippen LogP contribution in [0.25, 0.3) is 55.6 Å². The lowest BCUT2D eigenvalue weighted by Crippen LogP contribution is -2.44. The van der Waals surface area contributed by atoms with Crippen LogP contribution in [0.15, 0.2) is 329 Å². The number of piperidine rings is 1. The fourth-order valence-corrected chi connectivity index (χ4v) is 17.1. The first-order chi connectivity index (χ1) is 67.4. The molecule has 0 spiro atoms. The van der Waals surface area contributed by atoms with E-state index in [0.29, 0.717) is 12.5 Å². The van der Waals surface area contributed by atoms with Gasteiger partial charge in [-0.2, -0.15) is 0 Å². The van der Waals surface area contributed by atoms with Crippen LogP contribution in [0.5, 0.6) is 5.75 Å². The fraction of sp³-hybridized carbons (Fsp3) is 0.241. The standard InChI is InChI=1S/C24H24N2O2.C23H24N4O2.C23H23N3O2.C22H21N3O3.C20H18N2O3/c27-23(14-17-6-8-19(9-7-17)18-4-2-1-3-5-18)22-15-21(16-26-24(22)28)20-10-12-25-13-11-20;1-26-10-12-27(13-11-26)20-4-2-17(3-5-20)14-22(28)21-15-19(16-25-23(21)29)18-6-8-24-9-7-18;27-22(14-17-4-6-20(7-5-17)26-12-2-1-3-13-26)21-15-19(16-25-23(21)28)18-8-10-24-11-9-18;26-21(13-16-1-3-19(4-2-16)25-9-11-28-12-10-25)20-14-18(15-24-22(20)27)17-5-7-23-8-6-17;1-2-25-17-5-3-14(4-6-17)11-19(23)18-12-16(13-22-20(18)24)15-7-9-21-10-8-15/h6-13,15-16,18H,1-5,14H2,(H,26,28);2-9,15-16H,10-14H2,1H3,(H,25,29);4-11,15-16H,1-3,12-14H2,(H,25,28);1-8,14-15H,9-13H2,(H,24,27);3-10,12-13H,2,11H2,1H3,(H,22,24). The first-order valence-electron chi connectivity index (χ1n) is 46.8. The van der Waals surface area contributed by atoms with Gasteiger partial charge >= 0.3 is 0 Å². The van der Waals surface area contributed by atoms with Crippen LogP contribution in [0.3, 0.4) is 0 Å².